The van der Waals surface area contributed by atoms with Gasteiger partial charge >= 0.3 is 0 Å². The molecule has 0 bridgehead atoms. The van der Waals surface area contributed by atoms with E-state index in [1.54, 1.807) is 18.2 Å². The lowest BCUT2D eigenvalue weighted by Crippen LogP contribution is -2.33. The highest BCUT2D eigenvalue weighted by molar-refractivity contribution is 6.42. The Kier molecular flexibility index (Phi) is 6.14. The van der Waals surface area contributed by atoms with E-state index in [4.69, 9.17) is 23.2 Å². The molecule has 0 saturated heterocycles. The molecule has 0 aliphatic heterocycles. The number of halogens is 2. The first-order valence-corrected chi connectivity index (χ1v) is 7.89. The first-order valence-electron chi connectivity index (χ1n) is 7.13. The molecule has 1 aromatic carbocycles. The van der Waals surface area contributed by atoms with Crippen molar-refractivity contribution in [1.29, 1.82) is 0 Å². The minimum Gasteiger partial charge on any atom is -0.326 e. The molecule has 0 heterocycles. The van der Waals surface area contributed by atoms with E-state index >= 15 is 0 Å². The van der Waals surface area contributed by atoms with Crippen LogP contribution in [0.2, 0.25) is 10.0 Å². The molecule has 1 fully saturated rings. The normalized spacial score (nSPS) is 16.1. The van der Waals surface area contributed by atoms with Crippen LogP contribution >= 0.6 is 23.2 Å². The van der Waals surface area contributed by atoms with Crippen molar-refractivity contribution < 1.29 is 4.79 Å². The van der Waals surface area contributed by atoms with Crippen LogP contribution in [-0.2, 0) is 4.79 Å². The second kappa shape index (κ2) is 7.87. The van der Waals surface area contributed by atoms with Gasteiger partial charge in [-0.1, -0.05) is 42.5 Å². The summed E-state index contributed by atoms with van der Waals surface area (Å²) in [6.07, 6.45) is 6.87. The molecule has 1 aromatic rings. The van der Waals surface area contributed by atoms with Crippen LogP contribution in [-0.4, -0.2) is 18.5 Å². The SMILES string of the molecule is O=C(CCNC1CCCCC1)Nc1ccc(Cl)c(Cl)c1. The van der Waals surface area contributed by atoms with Gasteiger partial charge in [0.2, 0.25) is 5.91 Å². The molecule has 1 aliphatic rings. The van der Waals surface area contributed by atoms with E-state index in [0.29, 0.717) is 28.2 Å². The second-order valence-corrected chi connectivity index (χ2v) is 6.03. The molecule has 1 saturated carbocycles. The Bertz CT molecular complexity index is 459. The Hall–Kier alpha value is -0.770. The Labute approximate surface area is 130 Å². The highest BCUT2D eigenvalue weighted by Crippen LogP contribution is 2.25. The molecular weight excluding hydrogens is 295 g/mol. The quantitative estimate of drug-likeness (QED) is 0.853. The predicted molar refractivity (Wildman–Crippen MR) is 84.6 cm³/mol. The summed E-state index contributed by atoms with van der Waals surface area (Å²) >= 11 is 11.7. The number of carbonyl (C=O) groups is 1. The zero-order valence-electron chi connectivity index (χ0n) is 11.4. The lowest BCUT2D eigenvalue weighted by Gasteiger charge is -2.22. The van der Waals surface area contributed by atoms with Crippen LogP contribution in [0.1, 0.15) is 38.5 Å². The van der Waals surface area contributed by atoms with E-state index < -0.39 is 0 Å². The fourth-order valence-corrected chi connectivity index (χ4v) is 2.79. The average molecular weight is 315 g/mol. The van der Waals surface area contributed by atoms with Crippen LogP contribution in [0.3, 0.4) is 0 Å². The molecule has 2 N–H and O–H groups in total. The van der Waals surface area contributed by atoms with Gasteiger partial charge in [0.25, 0.3) is 0 Å². The van der Waals surface area contributed by atoms with Crippen LogP contribution in [0.5, 0.6) is 0 Å². The van der Waals surface area contributed by atoms with E-state index in [1.165, 1.54) is 32.1 Å². The van der Waals surface area contributed by atoms with Crippen molar-refractivity contribution in [3.63, 3.8) is 0 Å². The summed E-state index contributed by atoms with van der Waals surface area (Å²) in [7, 11) is 0. The predicted octanol–water partition coefficient (Wildman–Crippen LogP) is 4.24. The zero-order valence-corrected chi connectivity index (χ0v) is 12.9. The molecule has 0 unspecified atom stereocenters. The van der Waals surface area contributed by atoms with Gasteiger partial charge in [-0.2, -0.15) is 0 Å². The van der Waals surface area contributed by atoms with E-state index in [1.807, 2.05) is 0 Å². The minimum atomic E-state index is -0.00769. The molecule has 0 atom stereocenters. The molecule has 0 spiro atoms. The molecule has 2 rings (SSSR count). The number of amides is 1. The Morgan fingerprint density at radius 1 is 1.15 bits per heavy atom. The van der Waals surface area contributed by atoms with Gasteiger partial charge in [0.15, 0.2) is 0 Å². The van der Waals surface area contributed by atoms with Gasteiger partial charge in [-0.05, 0) is 31.0 Å². The van der Waals surface area contributed by atoms with E-state index in [-0.39, 0.29) is 5.91 Å². The highest BCUT2D eigenvalue weighted by atomic mass is 35.5. The van der Waals surface area contributed by atoms with Crippen molar-refractivity contribution in [2.24, 2.45) is 0 Å². The summed E-state index contributed by atoms with van der Waals surface area (Å²) in [6, 6.07) is 5.68. The van der Waals surface area contributed by atoms with Crippen LogP contribution in [0.4, 0.5) is 5.69 Å². The topological polar surface area (TPSA) is 41.1 Å². The van der Waals surface area contributed by atoms with Gasteiger partial charge < -0.3 is 10.6 Å². The van der Waals surface area contributed by atoms with Gasteiger partial charge in [-0.3, -0.25) is 4.79 Å². The fourth-order valence-electron chi connectivity index (χ4n) is 2.49. The average Bonchev–Trinajstić information content (AvgIpc) is 2.44. The molecule has 110 valence electrons. The van der Waals surface area contributed by atoms with Crippen molar-refractivity contribution in [3.8, 4) is 0 Å². The maximum Gasteiger partial charge on any atom is 0.225 e. The van der Waals surface area contributed by atoms with E-state index in [9.17, 15) is 4.79 Å². The minimum absolute atomic E-state index is 0.00769. The number of nitrogens with one attached hydrogen (secondary N) is 2. The Morgan fingerprint density at radius 2 is 1.90 bits per heavy atom. The van der Waals surface area contributed by atoms with E-state index in [2.05, 4.69) is 10.6 Å². The van der Waals surface area contributed by atoms with E-state index in [0.717, 1.165) is 6.54 Å². The largest absolute Gasteiger partial charge is 0.326 e. The highest BCUT2D eigenvalue weighted by Gasteiger charge is 2.12. The monoisotopic (exact) mass is 314 g/mol. The second-order valence-electron chi connectivity index (χ2n) is 5.22. The molecule has 20 heavy (non-hydrogen) atoms. The molecule has 1 aliphatic carbocycles. The molecule has 0 aromatic heterocycles. The lowest BCUT2D eigenvalue weighted by molar-refractivity contribution is -0.116. The summed E-state index contributed by atoms with van der Waals surface area (Å²) in [5.74, 6) is -0.00769. The molecule has 3 nitrogen and oxygen atoms in total. The Balaban J connectivity index is 1.70. The zero-order chi connectivity index (χ0) is 14.4. The number of anilines is 1. The number of hydrogen-bond acceptors (Lipinski definition) is 2. The van der Waals surface area contributed by atoms with Crippen molar-refractivity contribution in [2.45, 2.75) is 44.6 Å². The van der Waals surface area contributed by atoms with Gasteiger partial charge in [-0.25, -0.2) is 0 Å². The molecule has 1 amide bonds. The van der Waals surface area contributed by atoms with Crippen LogP contribution in [0.25, 0.3) is 0 Å². The van der Waals surface area contributed by atoms with Crippen molar-refractivity contribution in [2.75, 3.05) is 11.9 Å². The molecule has 5 heteroatoms. The van der Waals surface area contributed by atoms with Gasteiger partial charge in [0, 0.05) is 24.7 Å². The summed E-state index contributed by atoms with van der Waals surface area (Å²) in [4.78, 5) is 11.8. The van der Waals surface area contributed by atoms with Crippen LogP contribution < -0.4 is 10.6 Å². The number of benzene rings is 1. The molecular formula is C15H20Cl2N2O. The summed E-state index contributed by atoms with van der Waals surface area (Å²) in [5, 5.41) is 7.21. The van der Waals surface area contributed by atoms with Crippen LogP contribution in [0, 0.1) is 0 Å². The van der Waals surface area contributed by atoms with Gasteiger partial charge in [0.05, 0.1) is 10.0 Å². The third kappa shape index (κ3) is 4.97. The molecule has 0 radical (unpaired) electrons. The number of carbonyl (C=O) groups excluding carboxylic acids is 1. The summed E-state index contributed by atoms with van der Waals surface area (Å²) in [5.41, 5.74) is 0.682. The van der Waals surface area contributed by atoms with Gasteiger partial charge in [-0.15, -0.1) is 0 Å². The maximum atomic E-state index is 11.8. The smallest absolute Gasteiger partial charge is 0.225 e. The van der Waals surface area contributed by atoms with Crippen LogP contribution in [0.15, 0.2) is 18.2 Å². The van der Waals surface area contributed by atoms with Crippen molar-refractivity contribution >= 4 is 34.8 Å². The lowest BCUT2D eigenvalue weighted by atomic mass is 9.95. The number of hydrogen-bond donors (Lipinski definition) is 2. The third-order valence-corrected chi connectivity index (χ3v) is 4.33. The Morgan fingerprint density at radius 3 is 2.60 bits per heavy atom. The van der Waals surface area contributed by atoms with Crippen molar-refractivity contribution in [1.82, 2.24) is 5.32 Å². The van der Waals surface area contributed by atoms with Crippen molar-refractivity contribution in [3.05, 3.63) is 28.2 Å². The summed E-state index contributed by atoms with van der Waals surface area (Å²) < 4.78 is 0. The first-order chi connectivity index (χ1) is 9.65. The number of rotatable bonds is 5. The van der Waals surface area contributed by atoms with Gasteiger partial charge in [0.1, 0.15) is 0 Å². The fraction of sp³-hybridized carbons (Fsp3) is 0.533. The standard InChI is InChI=1S/C15H20Cl2N2O/c16-13-7-6-12(10-14(13)17)19-15(20)8-9-18-11-4-2-1-3-5-11/h6-7,10-11,18H,1-5,8-9H2,(H,19,20). The first kappa shape index (κ1) is 15.6. The maximum absolute atomic E-state index is 11.8. The summed E-state index contributed by atoms with van der Waals surface area (Å²) in [6.45, 7) is 0.720. The third-order valence-electron chi connectivity index (χ3n) is 3.59.